The summed E-state index contributed by atoms with van der Waals surface area (Å²) >= 11 is 0. The summed E-state index contributed by atoms with van der Waals surface area (Å²) in [6.07, 6.45) is 10.6. The van der Waals surface area contributed by atoms with Crippen molar-refractivity contribution in [1.82, 2.24) is 9.78 Å². The lowest BCUT2D eigenvalue weighted by Crippen LogP contribution is -2.37. The molecule has 0 spiro atoms. The van der Waals surface area contributed by atoms with Crippen molar-refractivity contribution < 1.29 is 0 Å². The summed E-state index contributed by atoms with van der Waals surface area (Å²) in [4.78, 5) is 0. The minimum Gasteiger partial charge on any atom is -0.330 e. The van der Waals surface area contributed by atoms with Crippen LogP contribution in [0.5, 0.6) is 0 Å². The normalized spacial score (nSPS) is 29.5. The van der Waals surface area contributed by atoms with E-state index in [1.54, 1.807) is 0 Å². The molecule has 1 fully saturated rings. The van der Waals surface area contributed by atoms with Gasteiger partial charge in [0.25, 0.3) is 0 Å². The largest absolute Gasteiger partial charge is 0.330 e. The Kier molecular flexibility index (Phi) is 3.87. The second-order valence-electron chi connectivity index (χ2n) is 5.79. The first-order valence-electron chi connectivity index (χ1n) is 6.89. The number of nitrogens with two attached hydrogens (primary N) is 1. The summed E-state index contributed by atoms with van der Waals surface area (Å²) in [5.41, 5.74) is 7.75. The Morgan fingerprint density at radius 2 is 2.41 bits per heavy atom. The molecule has 3 nitrogen and oxygen atoms in total. The Morgan fingerprint density at radius 1 is 1.59 bits per heavy atom. The first-order valence-corrected chi connectivity index (χ1v) is 6.89. The lowest BCUT2D eigenvalue weighted by Gasteiger charge is -2.39. The molecule has 1 aliphatic carbocycles. The van der Waals surface area contributed by atoms with Gasteiger partial charge in [-0.3, -0.25) is 4.68 Å². The number of hydrogen-bond acceptors (Lipinski definition) is 2. The van der Waals surface area contributed by atoms with Crippen molar-refractivity contribution >= 4 is 0 Å². The van der Waals surface area contributed by atoms with Crippen LogP contribution >= 0.6 is 0 Å². The maximum atomic E-state index is 6.06. The summed E-state index contributed by atoms with van der Waals surface area (Å²) in [7, 11) is 0. The Labute approximate surface area is 104 Å². The maximum Gasteiger partial charge on any atom is 0.0521 e. The van der Waals surface area contributed by atoms with Gasteiger partial charge in [0, 0.05) is 12.7 Å². The van der Waals surface area contributed by atoms with Crippen molar-refractivity contribution in [3.05, 3.63) is 18.0 Å². The molecule has 2 unspecified atom stereocenters. The predicted octanol–water partition coefficient (Wildman–Crippen LogP) is 2.60. The van der Waals surface area contributed by atoms with E-state index in [-0.39, 0.29) is 0 Å². The maximum absolute atomic E-state index is 6.06. The third-order valence-electron chi connectivity index (χ3n) is 4.21. The molecule has 0 radical (unpaired) electrons. The van der Waals surface area contributed by atoms with Gasteiger partial charge in [-0.15, -0.1) is 0 Å². The van der Waals surface area contributed by atoms with E-state index in [0.717, 1.165) is 25.4 Å². The van der Waals surface area contributed by atoms with Gasteiger partial charge in [0.05, 0.1) is 6.20 Å². The van der Waals surface area contributed by atoms with E-state index < -0.39 is 0 Å². The smallest absolute Gasteiger partial charge is 0.0521 e. The molecule has 1 heterocycles. The minimum absolute atomic E-state index is 0.333. The van der Waals surface area contributed by atoms with Gasteiger partial charge < -0.3 is 5.73 Å². The summed E-state index contributed by atoms with van der Waals surface area (Å²) < 4.78 is 2.01. The standard InChI is InChI=1S/C14H25N3/c1-3-17-10-13(9-16-17)8-14(11-15)6-4-5-12(2)7-14/h9-10,12H,3-8,11,15H2,1-2H3. The monoisotopic (exact) mass is 235 g/mol. The van der Waals surface area contributed by atoms with Crippen LogP contribution in [0.3, 0.4) is 0 Å². The van der Waals surface area contributed by atoms with Gasteiger partial charge in [-0.25, -0.2) is 0 Å². The molecule has 1 aliphatic rings. The SMILES string of the molecule is CCn1cc(CC2(CN)CCCC(C)C2)cn1. The first-order chi connectivity index (χ1) is 8.17. The summed E-state index contributed by atoms with van der Waals surface area (Å²) in [5, 5.41) is 4.36. The molecular weight excluding hydrogens is 210 g/mol. The zero-order valence-electron chi connectivity index (χ0n) is 11.2. The van der Waals surface area contributed by atoms with Crippen LogP contribution in [0.25, 0.3) is 0 Å². The molecule has 1 saturated carbocycles. The van der Waals surface area contributed by atoms with E-state index in [2.05, 4.69) is 25.1 Å². The van der Waals surface area contributed by atoms with Crippen LogP contribution in [-0.2, 0) is 13.0 Å². The molecule has 0 bridgehead atoms. The van der Waals surface area contributed by atoms with Crippen LogP contribution in [0.4, 0.5) is 0 Å². The fourth-order valence-corrected chi connectivity index (χ4v) is 3.29. The van der Waals surface area contributed by atoms with Crippen molar-refractivity contribution in [2.45, 2.75) is 52.5 Å². The lowest BCUT2D eigenvalue weighted by atomic mass is 9.67. The van der Waals surface area contributed by atoms with Gasteiger partial charge in [0.15, 0.2) is 0 Å². The Hall–Kier alpha value is -0.830. The number of aryl methyl sites for hydroxylation is 1. The topological polar surface area (TPSA) is 43.8 Å². The van der Waals surface area contributed by atoms with Crippen LogP contribution in [0.2, 0.25) is 0 Å². The van der Waals surface area contributed by atoms with Crippen LogP contribution in [0, 0.1) is 11.3 Å². The van der Waals surface area contributed by atoms with E-state index in [9.17, 15) is 0 Å². The van der Waals surface area contributed by atoms with Crippen LogP contribution in [0.1, 0.15) is 45.1 Å². The van der Waals surface area contributed by atoms with Crippen molar-refractivity contribution in [3.8, 4) is 0 Å². The highest BCUT2D eigenvalue weighted by Gasteiger charge is 2.34. The number of hydrogen-bond donors (Lipinski definition) is 1. The average Bonchev–Trinajstić information content (AvgIpc) is 2.76. The fraction of sp³-hybridized carbons (Fsp3) is 0.786. The van der Waals surface area contributed by atoms with E-state index in [4.69, 9.17) is 5.73 Å². The molecule has 3 heteroatoms. The van der Waals surface area contributed by atoms with Crippen LogP contribution < -0.4 is 5.73 Å². The third-order valence-corrected chi connectivity index (χ3v) is 4.21. The molecule has 96 valence electrons. The second kappa shape index (κ2) is 5.21. The van der Waals surface area contributed by atoms with Gasteiger partial charge in [-0.05, 0) is 49.6 Å². The zero-order valence-corrected chi connectivity index (χ0v) is 11.2. The highest BCUT2D eigenvalue weighted by molar-refractivity contribution is 5.09. The second-order valence-corrected chi connectivity index (χ2v) is 5.79. The molecule has 0 aliphatic heterocycles. The van der Waals surface area contributed by atoms with Crippen molar-refractivity contribution in [3.63, 3.8) is 0 Å². The quantitative estimate of drug-likeness (QED) is 0.871. The first kappa shape index (κ1) is 12.6. The molecule has 2 rings (SSSR count). The molecule has 2 N–H and O–H groups in total. The minimum atomic E-state index is 0.333. The van der Waals surface area contributed by atoms with Crippen molar-refractivity contribution in [1.29, 1.82) is 0 Å². The molecular formula is C14H25N3. The molecule has 1 aromatic heterocycles. The van der Waals surface area contributed by atoms with Gasteiger partial charge >= 0.3 is 0 Å². The molecule has 0 aromatic carbocycles. The lowest BCUT2D eigenvalue weighted by molar-refractivity contribution is 0.154. The highest BCUT2D eigenvalue weighted by atomic mass is 15.3. The molecule has 1 aromatic rings. The third kappa shape index (κ3) is 2.89. The van der Waals surface area contributed by atoms with Crippen LogP contribution in [-0.4, -0.2) is 16.3 Å². The van der Waals surface area contributed by atoms with E-state index in [0.29, 0.717) is 5.41 Å². The predicted molar refractivity (Wildman–Crippen MR) is 70.7 cm³/mol. The number of nitrogens with zero attached hydrogens (tertiary/aromatic N) is 2. The summed E-state index contributed by atoms with van der Waals surface area (Å²) in [5.74, 6) is 0.827. The molecule has 0 saturated heterocycles. The van der Waals surface area contributed by atoms with E-state index in [1.807, 2.05) is 10.9 Å². The van der Waals surface area contributed by atoms with Crippen molar-refractivity contribution in [2.75, 3.05) is 6.54 Å². The molecule has 0 amide bonds. The molecule has 17 heavy (non-hydrogen) atoms. The number of aromatic nitrogens is 2. The number of rotatable bonds is 4. The summed E-state index contributed by atoms with van der Waals surface area (Å²) in [6.45, 7) is 6.25. The summed E-state index contributed by atoms with van der Waals surface area (Å²) in [6, 6.07) is 0. The Balaban J connectivity index is 2.07. The Morgan fingerprint density at radius 3 is 3.00 bits per heavy atom. The zero-order chi connectivity index (χ0) is 12.3. The van der Waals surface area contributed by atoms with Gasteiger partial charge in [-0.2, -0.15) is 5.10 Å². The van der Waals surface area contributed by atoms with Crippen molar-refractivity contribution in [2.24, 2.45) is 17.1 Å². The van der Waals surface area contributed by atoms with Crippen LogP contribution in [0.15, 0.2) is 12.4 Å². The van der Waals surface area contributed by atoms with Gasteiger partial charge in [0.2, 0.25) is 0 Å². The molecule has 2 atom stereocenters. The van der Waals surface area contributed by atoms with Gasteiger partial charge in [-0.1, -0.05) is 19.8 Å². The highest BCUT2D eigenvalue weighted by Crippen LogP contribution is 2.40. The Bertz CT molecular complexity index is 358. The van der Waals surface area contributed by atoms with E-state index >= 15 is 0 Å². The van der Waals surface area contributed by atoms with Gasteiger partial charge in [0.1, 0.15) is 0 Å². The fourth-order valence-electron chi connectivity index (χ4n) is 3.29. The average molecular weight is 235 g/mol. The van der Waals surface area contributed by atoms with E-state index in [1.165, 1.54) is 31.2 Å².